The van der Waals surface area contributed by atoms with Crippen molar-refractivity contribution in [3.63, 3.8) is 0 Å². The van der Waals surface area contributed by atoms with E-state index in [0.29, 0.717) is 6.42 Å². The van der Waals surface area contributed by atoms with E-state index in [1.807, 2.05) is 0 Å². The second-order valence-electron chi connectivity index (χ2n) is 5.72. The Morgan fingerprint density at radius 2 is 2.06 bits per heavy atom. The van der Waals surface area contributed by atoms with Gasteiger partial charge in [-0.3, -0.25) is 0 Å². The Hall–Kier alpha value is -0.270. The summed E-state index contributed by atoms with van der Waals surface area (Å²) in [6.45, 7) is 5.98. The maximum absolute atomic E-state index is 12.8. The van der Waals surface area contributed by atoms with E-state index < -0.39 is 42.9 Å². The molecule has 2 aliphatic rings. The Bertz CT molecular complexity index is 301. The van der Waals surface area contributed by atoms with E-state index in [-0.39, 0.29) is 0 Å². The number of alkyl halides is 1. The lowest BCUT2D eigenvalue weighted by molar-refractivity contribution is -0.272. The molecule has 0 aromatic carbocycles. The van der Waals surface area contributed by atoms with Crippen LogP contribution in [-0.4, -0.2) is 48.0 Å². The van der Waals surface area contributed by atoms with Gasteiger partial charge in [0.2, 0.25) is 0 Å². The largest absolute Gasteiger partial charge is 0.366 e. The first-order valence-electron chi connectivity index (χ1n) is 6.17. The van der Waals surface area contributed by atoms with Gasteiger partial charge in [0.15, 0.2) is 17.9 Å². The van der Waals surface area contributed by atoms with Gasteiger partial charge in [-0.25, -0.2) is 4.39 Å². The van der Waals surface area contributed by atoms with Gasteiger partial charge in [0.25, 0.3) is 0 Å². The number of fused-ring (bicyclic) bond motifs is 1. The second kappa shape index (κ2) is 4.68. The van der Waals surface area contributed by atoms with Gasteiger partial charge in [0.1, 0.15) is 12.8 Å². The van der Waals surface area contributed by atoms with E-state index in [1.165, 1.54) is 13.8 Å². The number of ether oxygens (including phenoxy) is 4. The number of rotatable bonds is 3. The van der Waals surface area contributed by atoms with Gasteiger partial charge in [-0.15, -0.1) is 0 Å². The van der Waals surface area contributed by atoms with Gasteiger partial charge in [0.05, 0.1) is 12.2 Å². The van der Waals surface area contributed by atoms with Crippen LogP contribution in [0, 0.1) is 0 Å². The Morgan fingerprint density at radius 1 is 1.39 bits per heavy atom. The molecule has 6 heteroatoms. The Morgan fingerprint density at radius 3 is 2.61 bits per heavy atom. The first-order chi connectivity index (χ1) is 8.20. The van der Waals surface area contributed by atoms with Gasteiger partial charge in [-0.1, -0.05) is 0 Å². The fourth-order valence-electron chi connectivity index (χ4n) is 2.34. The summed E-state index contributed by atoms with van der Waals surface area (Å²) in [5, 5.41) is 9.73. The van der Waals surface area contributed by atoms with Crippen LogP contribution in [0.4, 0.5) is 4.39 Å². The average Bonchev–Trinajstić information content (AvgIpc) is 2.50. The van der Waals surface area contributed by atoms with Crippen molar-refractivity contribution in [3.05, 3.63) is 0 Å². The van der Waals surface area contributed by atoms with Gasteiger partial charge < -0.3 is 24.1 Å². The van der Waals surface area contributed by atoms with Gasteiger partial charge in [0, 0.05) is 6.42 Å². The van der Waals surface area contributed by atoms with Crippen LogP contribution in [0.2, 0.25) is 0 Å². The summed E-state index contributed by atoms with van der Waals surface area (Å²) in [5.41, 5.74) is 0. The molecule has 3 unspecified atom stereocenters. The van der Waals surface area contributed by atoms with E-state index in [0.717, 1.165) is 0 Å². The van der Waals surface area contributed by atoms with E-state index in [1.54, 1.807) is 13.8 Å². The third-order valence-corrected chi connectivity index (χ3v) is 2.89. The number of hydrogen-bond donors (Lipinski definition) is 1. The summed E-state index contributed by atoms with van der Waals surface area (Å²) < 4.78 is 35.0. The van der Waals surface area contributed by atoms with Gasteiger partial charge >= 0.3 is 0 Å². The molecule has 5 nitrogen and oxygen atoms in total. The zero-order valence-corrected chi connectivity index (χ0v) is 11.2. The predicted molar refractivity (Wildman–Crippen MR) is 60.5 cm³/mol. The summed E-state index contributed by atoms with van der Waals surface area (Å²) in [7, 11) is 0. The van der Waals surface area contributed by atoms with Gasteiger partial charge in [-0.2, -0.15) is 0 Å². The fourth-order valence-corrected chi connectivity index (χ4v) is 2.34. The van der Waals surface area contributed by atoms with Crippen LogP contribution in [0.25, 0.3) is 0 Å². The molecule has 2 fully saturated rings. The number of hydrogen-bond acceptors (Lipinski definition) is 5. The normalized spacial score (nSPS) is 39.7. The first kappa shape index (κ1) is 14.1. The van der Waals surface area contributed by atoms with Crippen LogP contribution >= 0.6 is 0 Å². The lowest BCUT2D eigenvalue weighted by Crippen LogP contribution is -2.51. The fraction of sp³-hybridized carbons (Fsp3) is 1.00. The minimum Gasteiger partial charge on any atom is -0.366 e. The molecule has 0 aliphatic carbocycles. The minimum atomic E-state index is -1.30. The number of aliphatic hydroxyl groups is 1. The zero-order valence-electron chi connectivity index (χ0n) is 11.2. The molecule has 0 amide bonds. The Labute approximate surface area is 106 Å². The van der Waals surface area contributed by atoms with E-state index in [9.17, 15) is 9.50 Å². The van der Waals surface area contributed by atoms with Crippen molar-refractivity contribution < 1.29 is 28.4 Å². The highest BCUT2D eigenvalue weighted by Gasteiger charge is 2.51. The molecule has 0 saturated carbocycles. The SMILES string of the molecule is CC(C)(O)OC1CC(CF)OC2OC(C)(C)O[C@@H]12. The van der Waals surface area contributed by atoms with Crippen molar-refractivity contribution in [2.24, 2.45) is 0 Å². The summed E-state index contributed by atoms with van der Waals surface area (Å²) in [4.78, 5) is 0. The molecule has 0 aromatic rings. The molecule has 0 radical (unpaired) electrons. The third-order valence-electron chi connectivity index (χ3n) is 2.89. The van der Waals surface area contributed by atoms with E-state index in [4.69, 9.17) is 18.9 Å². The van der Waals surface area contributed by atoms with Crippen LogP contribution < -0.4 is 0 Å². The molecule has 2 saturated heterocycles. The summed E-state index contributed by atoms with van der Waals surface area (Å²) in [6.07, 6.45) is -1.81. The highest BCUT2D eigenvalue weighted by molar-refractivity contribution is 4.89. The first-order valence-corrected chi connectivity index (χ1v) is 6.17. The topological polar surface area (TPSA) is 57.2 Å². The molecule has 2 rings (SSSR count). The van der Waals surface area contributed by atoms with Crippen LogP contribution in [0.1, 0.15) is 34.1 Å². The number of halogens is 1. The maximum Gasteiger partial charge on any atom is 0.190 e. The van der Waals surface area contributed by atoms with Crippen molar-refractivity contribution in [1.29, 1.82) is 0 Å². The van der Waals surface area contributed by atoms with Crippen molar-refractivity contribution in [2.45, 2.75) is 70.3 Å². The van der Waals surface area contributed by atoms with Crippen molar-refractivity contribution in [1.82, 2.24) is 0 Å². The minimum absolute atomic E-state index is 0.334. The Balaban J connectivity index is 2.11. The lowest BCUT2D eigenvalue weighted by atomic mass is 10.0. The maximum atomic E-state index is 12.8. The summed E-state index contributed by atoms with van der Waals surface area (Å²) >= 11 is 0. The summed E-state index contributed by atoms with van der Waals surface area (Å²) in [5.74, 6) is -2.09. The van der Waals surface area contributed by atoms with Crippen LogP contribution in [0.5, 0.6) is 0 Å². The van der Waals surface area contributed by atoms with E-state index >= 15 is 0 Å². The standard InChI is InChI=1S/C12H21FO5/c1-11(2,14)16-8-5-7(6-13)15-10-9(8)17-12(3,4)18-10/h7-10,14H,5-6H2,1-4H3/t7?,8?,9-,10?/m0/s1. The molecule has 106 valence electrons. The van der Waals surface area contributed by atoms with Crippen molar-refractivity contribution >= 4 is 0 Å². The molecule has 18 heavy (non-hydrogen) atoms. The lowest BCUT2D eigenvalue weighted by Gasteiger charge is -2.37. The van der Waals surface area contributed by atoms with Gasteiger partial charge in [-0.05, 0) is 27.7 Å². The molecular formula is C12H21FO5. The summed E-state index contributed by atoms with van der Waals surface area (Å²) in [6, 6.07) is 0. The molecule has 1 N–H and O–H groups in total. The predicted octanol–water partition coefficient (Wildman–Crippen LogP) is 1.34. The highest BCUT2D eigenvalue weighted by Crippen LogP contribution is 2.38. The molecule has 4 atom stereocenters. The van der Waals surface area contributed by atoms with Crippen molar-refractivity contribution in [2.75, 3.05) is 6.67 Å². The Kier molecular flexibility index (Phi) is 3.68. The molecule has 0 bridgehead atoms. The van der Waals surface area contributed by atoms with Crippen LogP contribution in [0.3, 0.4) is 0 Å². The molecule has 0 aromatic heterocycles. The third kappa shape index (κ3) is 3.19. The quantitative estimate of drug-likeness (QED) is 0.779. The highest BCUT2D eigenvalue weighted by atomic mass is 19.1. The molecule has 0 spiro atoms. The monoisotopic (exact) mass is 264 g/mol. The second-order valence-corrected chi connectivity index (χ2v) is 5.72. The van der Waals surface area contributed by atoms with E-state index in [2.05, 4.69) is 0 Å². The molecular weight excluding hydrogens is 243 g/mol. The average molecular weight is 264 g/mol. The smallest absolute Gasteiger partial charge is 0.190 e. The zero-order chi connectivity index (χ0) is 13.6. The molecule has 2 heterocycles. The van der Waals surface area contributed by atoms with Crippen molar-refractivity contribution in [3.8, 4) is 0 Å². The van der Waals surface area contributed by atoms with Crippen LogP contribution in [-0.2, 0) is 18.9 Å². The molecule has 2 aliphatic heterocycles. The van der Waals surface area contributed by atoms with Crippen LogP contribution in [0.15, 0.2) is 0 Å².